The predicted molar refractivity (Wildman–Crippen MR) is 145 cm³/mol. The van der Waals surface area contributed by atoms with Gasteiger partial charge in [0, 0.05) is 25.8 Å². The summed E-state index contributed by atoms with van der Waals surface area (Å²) in [5.41, 5.74) is 0.833. The molecule has 1 amide bonds. The van der Waals surface area contributed by atoms with Crippen LogP contribution in [0.3, 0.4) is 0 Å². The van der Waals surface area contributed by atoms with Gasteiger partial charge < -0.3 is 19.5 Å². The van der Waals surface area contributed by atoms with Crippen LogP contribution in [-0.2, 0) is 29.6 Å². The van der Waals surface area contributed by atoms with E-state index >= 15 is 0 Å². The Hall–Kier alpha value is -3.65. The first-order valence-corrected chi connectivity index (χ1v) is 14.8. The second-order valence-electron chi connectivity index (χ2n) is 8.52. The van der Waals surface area contributed by atoms with E-state index in [-0.39, 0.29) is 16.4 Å². The number of carbonyl (C=O) groups excluding carboxylic acids is 1. The summed E-state index contributed by atoms with van der Waals surface area (Å²) in [4.78, 5) is 12.6. The van der Waals surface area contributed by atoms with Crippen molar-refractivity contribution in [2.24, 2.45) is 0 Å². The van der Waals surface area contributed by atoms with Crippen LogP contribution in [0.1, 0.15) is 0 Å². The predicted octanol–water partition coefficient (Wildman–Crippen LogP) is 2.56. The number of hydrogen-bond donors (Lipinski definition) is 1. The van der Waals surface area contributed by atoms with E-state index in [2.05, 4.69) is 5.32 Å². The lowest BCUT2D eigenvalue weighted by molar-refractivity contribution is -0.118. The molecule has 39 heavy (non-hydrogen) atoms. The number of nitrogens with one attached hydrogen (secondary N) is 1. The molecule has 0 saturated carbocycles. The van der Waals surface area contributed by atoms with Gasteiger partial charge in [-0.05, 0) is 72.8 Å². The van der Waals surface area contributed by atoms with Crippen molar-refractivity contribution >= 4 is 37.3 Å². The van der Waals surface area contributed by atoms with Gasteiger partial charge in [-0.3, -0.25) is 9.10 Å². The molecule has 1 N–H and O–H groups in total. The topological polar surface area (TPSA) is 132 Å². The molecule has 1 aliphatic rings. The molecular formula is C26H29N3O8S2. The lowest BCUT2D eigenvalue weighted by Gasteiger charge is -2.26. The van der Waals surface area contributed by atoms with Crippen molar-refractivity contribution in [1.82, 2.24) is 4.31 Å². The normalized spacial score (nSPS) is 14.4. The second-order valence-corrected chi connectivity index (χ2v) is 12.4. The molecule has 0 bridgehead atoms. The molecule has 0 aliphatic carbocycles. The summed E-state index contributed by atoms with van der Waals surface area (Å²) >= 11 is 0. The summed E-state index contributed by atoms with van der Waals surface area (Å²) < 4.78 is 69.6. The molecule has 0 atom stereocenters. The van der Waals surface area contributed by atoms with Gasteiger partial charge in [0.05, 0.1) is 35.8 Å². The van der Waals surface area contributed by atoms with Crippen LogP contribution >= 0.6 is 0 Å². The van der Waals surface area contributed by atoms with Crippen LogP contribution in [0.5, 0.6) is 11.5 Å². The van der Waals surface area contributed by atoms with Crippen molar-refractivity contribution in [3.05, 3.63) is 72.8 Å². The third kappa shape index (κ3) is 6.68. The fraction of sp³-hybridized carbons (Fsp3) is 0.269. The molecule has 3 aromatic carbocycles. The van der Waals surface area contributed by atoms with E-state index in [4.69, 9.17) is 14.2 Å². The zero-order chi connectivity index (χ0) is 28.0. The fourth-order valence-electron chi connectivity index (χ4n) is 3.79. The molecule has 1 saturated heterocycles. The molecule has 1 fully saturated rings. The van der Waals surface area contributed by atoms with Crippen molar-refractivity contribution in [3.63, 3.8) is 0 Å². The van der Waals surface area contributed by atoms with Crippen LogP contribution in [-0.4, -0.2) is 74.1 Å². The van der Waals surface area contributed by atoms with Crippen LogP contribution in [0.15, 0.2) is 82.6 Å². The molecule has 0 aromatic heterocycles. The summed E-state index contributed by atoms with van der Waals surface area (Å²) in [6, 6.07) is 18.3. The summed E-state index contributed by atoms with van der Waals surface area (Å²) in [6.07, 6.45) is 0. The number of methoxy groups -OCH3 is 1. The van der Waals surface area contributed by atoms with Crippen molar-refractivity contribution in [2.75, 3.05) is 56.7 Å². The lowest BCUT2D eigenvalue weighted by atomic mass is 10.3. The van der Waals surface area contributed by atoms with Crippen molar-refractivity contribution in [2.45, 2.75) is 9.79 Å². The number of hydrogen-bond acceptors (Lipinski definition) is 8. The first-order chi connectivity index (χ1) is 18.6. The molecule has 11 nitrogen and oxygen atoms in total. The highest BCUT2D eigenvalue weighted by Gasteiger charge is 2.26. The summed E-state index contributed by atoms with van der Waals surface area (Å²) in [7, 11) is -4.46. The maximum atomic E-state index is 12.9. The van der Waals surface area contributed by atoms with Gasteiger partial charge in [-0.2, -0.15) is 4.31 Å². The Morgan fingerprint density at radius 1 is 0.872 bits per heavy atom. The Morgan fingerprint density at radius 2 is 1.44 bits per heavy atom. The van der Waals surface area contributed by atoms with Gasteiger partial charge in [-0.15, -0.1) is 0 Å². The maximum Gasteiger partial charge on any atom is 0.264 e. The van der Waals surface area contributed by atoms with Crippen LogP contribution in [0.4, 0.5) is 11.4 Å². The standard InChI is InChI=1S/C26H29N3O8S2/c1-28(38(31,32)24-13-9-22(35-2)10-14-24)21-5-7-23(8-6-21)37-19-26(30)27-20-3-11-25(12-4-20)39(33,34)29-15-17-36-18-16-29/h3-14H,15-19H2,1-2H3,(H,27,30). The number of anilines is 2. The third-order valence-corrected chi connectivity index (χ3v) is 9.75. The average Bonchev–Trinajstić information content (AvgIpc) is 2.96. The van der Waals surface area contributed by atoms with Crippen LogP contribution < -0.4 is 19.1 Å². The molecule has 4 rings (SSSR count). The Labute approximate surface area is 228 Å². The van der Waals surface area contributed by atoms with Crippen LogP contribution in [0.2, 0.25) is 0 Å². The minimum atomic E-state index is -3.78. The number of sulfonamides is 2. The highest BCUT2D eigenvalue weighted by Crippen LogP contribution is 2.26. The monoisotopic (exact) mass is 575 g/mol. The van der Waals surface area contributed by atoms with Gasteiger partial charge in [-0.25, -0.2) is 16.8 Å². The zero-order valence-electron chi connectivity index (χ0n) is 21.4. The zero-order valence-corrected chi connectivity index (χ0v) is 23.1. The van der Waals surface area contributed by atoms with Crippen molar-refractivity contribution in [3.8, 4) is 11.5 Å². The Morgan fingerprint density at radius 3 is 2.03 bits per heavy atom. The van der Waals surface area contributed by atoms with E-state index in [1.54, 1.807) is 36.4 Å². The van der Waals surface area contributed by atoms with E-state index in [9.17, 15) is 21.6 Å². The average molecular weight is 576 g/mol. The lowest BCUT2D eigenvalue weighted by Crippen LogP contribution is -2.40. The Bertz CT molecular complexity index is 1490. The smallest absolute Gasteiger partial charge is 0.264 e. The second kappa shape index (κ2) is 12.0. The van der Waals surface area contributed by atoms with Gasteiger partial charge in [0.15, 0.2) is 6.61 Å². The number of nitrogens with zero attached hydrogens (tertiary/aromatic N) is 2. The van der Waals surface area contributed by atoms with Crippen LogP contribution in [0.25, 0.3) is 0 Å². The van der Waals surface area contributed by atoms with Gasteiger partial charge in [-0.1, -0.05) is 0 Å². The number of morpholine rings is 1. The molecule has 0 unspecified atom stereocenters. The Balaban J connectivity index is 1.31. The maximum absolute atomic E-state index is 12.9. The van der Waals surface area contributed by atoms with E-state index in [1.807, 2.05) is 0 Å². The summed E-state index contributed by atoms with van der Waals surface area (Å²) in [6.45, 7) is 1.01. The molecule has 208 valence electrons. The molecule has 3 aromatic rings. The van der Waals surface area contributed by atoms with Gasteiger partial charge in [0.25, 0.3) is 15.9 Å². The molecule has 1 heterocycles. The highest BCUT2D eigenvalue weighted by atomic mass is 32.2. The number of benzene rings is 3. The Kier molecular flexibility index (Phi) is 8.75. The first-order valence-electron chi connectivity index (χ1n) is 11.9. The fourth-order valence-corrected chi connectivity index (χ4v) is 6.39. The largest absolute Gasteiger partial charge is 0.497 e. The van der Waals surface area contributed by atoms with Crippen LogP contribution in [0, 0.1) is 0 Å². The minimum Gasteiger partial charge on any atom is -0.497 e. The summed E-state index contributed by atoms with van der Waals surface area (Å²) in [5, 5.41) is 2.66. The number of rotatable bonds is 10. The molecular weight excluding hydrogens is 546 g/mol. The number of amides is 1. The quantitative estimate of drug-likeness (QED) is 0.390. The van der Waals surface area contributed by atoms with Gasteiger partial charge in [0.1, 0.15) is 11.5 Å². The molecule has 13 heteroatoms. The summed E-state index contributed by atoms with van der Waals surface area (Å²) in [5.74, 6) is 0.481. The van der Waals surface area contributed by atoms with Gasteiger partial charge >= 0.3 is 0 Å². The van der Waals surface area contributed by atoms with E-state index in [0.717, 1.165) is 4.31 Å². The number of ether oxygens (including phenoxy) is 3. The van der Waals surface area contributed by atoms with Crippen molar-refractivity contribution in [1.29, 1.82) is 0 Å². The highest BCUT2D eigenvalue weighted by molar-refractivity contribution is 7.92. The number of carbonyl (C=O) groups is 1. The van der Waals surface area contributed by atoms with Gasteiger partial charge in [0.2, 0.25) is 10.0 Å². The minimum absolute atomic E-state index is 0.120. The first kappa shape index (κ1) is 28.4. The van der Waals surface area contributed by atoms with Crippen molar-refractivity contribution < 1.29 is 35.8 Å². The molecule has 0 radical (unpaired) electrons. The molecule has 0 spiro atoms. The third-order valence-electron chi connectivity index (χ3n) is 6.03. The van der Waals surface area contributed by atoms with E-state index in [1.165, 1.54) is 54.9 Å². The SMILES string of the molecule is COc1ccc(S(=O)(=O)N(C)c2ccc(OCC(=O)Nc3ccc(S(=O)(=O)N4CCOCC4)cc3)cc2)cc1. The molecule has 1 aliphatic heterocycles. The van der Waals surface area contributed by atoms with E-state index in [0.29, 0.717) is 49.2 Å². The van der Waals surface area contributed by atoms with E-state index < -0.39 is 26.0 Å².